The highest BCUT2D eigenvalue weighted by Gasteiger charge is 2.22. The lowest BCUT2D eigenvalue weighted by Crippen LogP contribution is -2.40. The normalized spacial score (nSPS) is 16.4. The van der Waals surface area contributed by atoms with Crippen LogP contribution in [0.4, 0.5) is 5.69 Å². The lowest BCUT2D eigenvalue weighted by atomic mass is 9.95. The van der Waals surface area contributed by atoms with E-state index in [-0.39, 0.29) is 6.10 Å². The van der Waals surface area contributed by atoms with Crippen LogP contribution >= 0.6 is 0 Å². The van der Waals surface area contributed by atoms with Gasteiger partial charge in [-0.05, 0) is 70.2 Å². The standard InChI is InChI=1S/C31H43N3O2/c1-6-14-34(15-7-2)31-24(5)32-30(26-12-8-9-13-27(26)31)29-23(4)19-22(3)20-28(29)36-18-17-33-16-10-11-25(35)21-33/h8-9,12-13,19-20,25,35H,6-7,10-11,14-18,21H2,1-5H3. The first kappa shape index (κ1) is 26.4. The minimum Gasteiger partial charge on any atom is -0.492 e. The molecule has 1 N–H and O–H groups in total. The van der Waals surface area contributed by atoms with Gasteiger partial charge in [0, 0.05) is 42.5 Å². The van der Waals surface area contributed by atoms with Crippen LogP contribution < -0.4 is 9.64 Å². The van der Waals surface area contributed by atoms with Crippen molar-refractivity contribution in [3.63, 3.8) is 0 Å². The Balaban J connectivity index is 1.74. The monoisotopic (exact) mass is 489 g/mol. The highest BCUT2D eigenvalue weighted by atomic mass is 16.5. The summed E-state index contributed by atoms with van der Waals surface area (Å²) in [4.78, 5) is 10.1. The minimum atomic E-state index is -0.215. The van der Waals surface area contributed by atoms with E-state index in [0.717, 1.165) is 81.1 Å². The van der Waals surface area contributed by atoms with Crippen molar-refractivity contribution in [3.05, 3.63) is 53.2 Å². The van der Waals surface area contributed by atoms with Crippen molar-refractivity contribution >= 4 is 16.5 Å². The molecule has 0 bridgehead atoms. The molecule has 0 aliphatic carbocycles. The van der Waals surface area contributed by atoms with Crippen LogP contribution in [0.15, 0.2) is 36.4 Å². The lowest BCUT2D eigenvalue weighted by molar-refractivity contribution is 0.0633. The van der Waals surface area contributed by atoms with E-state index in [1.54, 1.807) is 0 Å². The average molecular weight is 490 g/mol. The third kappa shape index (κ3) is 5.84. The Labute approximate surface area is 217 Å². The van der Waals surface area contributed by atoms with E-state index in [0.29, 0.717) is 6.61 Å². The molecule has 1 fully saturated rings. The highest BCUT2D eigenvalue weighted by Crippen LogP contribution is 2.41. The fourth-order valence-electron chi connectivity index (χ4n) is 5.70. The van der Waals surface area contributed by atoms with Crippen LogP contribution in [-0.4, -0.2) is 60.4 Å². The number of aliphatic hydroxyl groups excluding tert-OH is 1. The Morgan fingerprint density at radius 2 is 1.78 bits per heavy atom. The molecular weight excluding hydrogens is 446 g/mol. The van der Waals surface area contributed by atoms with Gasteiger partial charge in [0.2, 0.25) is 0 Å². The van der Waals surface area contributed by atoms with E-state index < -0.39 is 0 Å². The number of piperidine rings is 1. The predicted octanol–water partition coefficient (Wildman–Crippen LogP) is 6.29. The second kappa shape index (κ2) is 12.1. The van der Waals surface area contributed by atoms with Crippen LogP contribution in [0.3, 0.4) is 0 Å². The average Bonchev–Trinajstić information content (AvgIpc) is 2.84. The molecule has 1 aliphatic rings. The van der Waals surface area contributed by atoms with Crippen LogP contribution in [0.1, 0.15) is 56.4 Å². The van der Waals surface area contributed by atoms with Gasteiger partial charge in [0.05, 0.1) is 23.2 Å². The molecule has 1 saturated heterocycles. The Kier molecular flexibility index (Phi) is 8.86. The van der Waals surface area contributed by atoms with Crippen molar-refractivity contribution < 1.29 is 9.84 Å². The summed E-state index contributed by atoms with van der Waals surface area (Å²) in [6.45, 7) is 16.2. The van der Waals surface area contributed by atoms with Gasteiger partial charge < -0.3 is 14.7 Å². The van der Waals surface area contributed by atoms with Gasteiger partial charge in [0.15, 0.2) is 0 Å². The molecule has 3 aromatic rings. The largest absolute Gasteiger partial charge is 0.492 e. The third-order valence-corrected chi connectivity index (χ3v) is 7.19. The molecule has 0 spiro atoms. The summed E-state index contributed by atoms with van der Waals surface area (Å²) in [5.41, 5.74) is 6.78. The van der Waals surface area contributed by atoms with Crippen molar-refractivity contribution in [2.45, 2.75) is 66.4 Å². The highest BCUT2D eigenvalue weighted by molar-refractivity contribution is 6.04. The number of aryl methyl sites for hydroxylation is 3. The molecule has 1 aromatic heterocycles. The van der Waals surface area contributed by atoms with Crippen LogP contribution in [0, 0.1) is 20.8 Å². The molecule has 2 aromatic carbocycles. The maximum atomic E-state index is 10.0. The maximum Gasteiger partial charge on any atom is 0.129 e. The van der Waals surface area contributed by atoms with Gasteiger partial charge in [0.25, 0.3) is 0 Å². The number of likely N-dealkylation sites (tertiary alicyclic amines) is 1. The van der Waals surface area contributed by atoms with Gasteiger partial charge in [-0.25, -0.2) is 0 Å². The maximum absolute atomic E-state index is 10.0. The number of hydrogen-bond donors (Lipinski definition) is 1. The van der Waals surface area contributed by atoms with Crippen LogP contribution in [-0.2, 0) is 0 Å². The summed E-state index contributed by atoms with van der Waals surface area (Å²) in [5, 5.41) is 12.5. The molecule has 5 heteroatoms. The van der Waals surface area contributed by atoms with Crippen LogP contribution in [0.2, 0.25) is 0 Å². The van der Waals surface area contributed by atoms with Gasteiger partial charge in [-0.1, -0.05) is 44.2 Å². The minimum absolute atomic E-state index is 0.215. The number of hydrogen-bond acceptors (Lipinski definition) is 5. The van der Waals surface area contributed by atoms with E-state index >= 15 is 0 Å². The van der Waals surface area contributed by atoms with Crippen molar-refractivity contribution in [2.24, 2.45) is 0 Å². The van der Waals surface area contributed by atoms with Crippen molar-refractivity contribution in [1.29, 1.82) is 0 Å². The molecule has 5 nitrogen and oxygen atoms in total. The number of nitrogens with zero attached hydrogens (tertiary/aromatic N) is 3. The fraction of sp³-hybridized carbons (Fsp3) is 0.516. The van der Waals surface area contributed by atoms with E-state index in [4.69, 9.17) is 9.72 Å². The number of β-amino-alcohol motifs (C(OH)–C–C–N with tert-alkyl or cyclic N) is 1. The number of pyridine rings is 1. The Morgan fingerprint density at radius 1 is 1.06 bits per heavy atom. The molecule has 0 saturated carbocycles. The van der Waals surface area contributed by atoms with Gasteiger partial charge in [0.1, 0.15) is 12.4 Å². The zero-order valence-electron chi connectivity index (χ0n) is 22.8. The Morgan fingerprint density at radius 3 is 2.47 bits per heavy atom. The summed E-state index contributed by atoms with van der Waals surface area (Å²) in [5.74, 6) is 0.897. The molecule has 2 heterocycles. The molecule has 36 heavy (non-hydrogen) atoms. The number of fused-ring (bicyclic) bond motifs is 1. The number of benzene rings is 2. The van der Waals surface area contributed by atoms with E-state index in [9.17, 15) is 5.11 Å². The van der Waals surface area contributed by atoms with Crippen molar-refractivity contribution in [3.8, 4) is 17.0 Å². The summed E-state index contributed by atoms with van der Waals surface area (Å²) in [7, 11) is 0. The Bertz CT molecular complexity index is 1170. The van der Waals surface area contributed by atoms with E-state index in [1.807, 2.05) is 0 Å². The number of rotatable bonds is 10. The van der Waals surface area contributed by atoms with Gasteiger partial charge >= 0.3 is 0 Å². The Hall–Kier alpha value is -2.63. The van der Waals surface area contributed by atoms with Crippen molar-refractivity contribution in [2.75, 3.05) is 44.2 Å². The first-order chi connectivity index (χ1) is 17.4. The SMILES string of the molecule is CCCN(CCC)c1c(C)nc(-c2c(C)cc(C)cc2OCCN2CCCC(O)C2)c2ccccc12. The number of ether oxygens (including phenoxy) is 1. The summed E-state index contributed by atoms with van der Waals surface area (Å²) < 4.78 is 6.46. The van der Waals surface area contributed by atoms with E-state index in [1.165, 1.54) is 27.6 Å². The van der Waals surface area contributed by atoms with Crippen LogP contribution in [0.25, 0.3) is 22.0 Å². The lowest BCUT2D eigenvalue weighted by Gasteiger charge is -2.30. The number of anilines is 1. The summed E-state index contributed by atoms with van der Waals surface area (Å²) in [6, 6.07) is 13.1. The summed E-state index contributed by atoms with van der Waals surface area (Å²) in [6.07, 6.45) is 3.95. The second-order valence-electron chi connectivity index (χ2n) is 10.3. The molecule has 1 atom stereocenters. The van der Waals surface area contributed by atoms with Gasteiger partial charge in [-0.2, -0.15) is 0 Å². The predicted molar refractivity (Wildman–Crippen MR) is 151 cm³/mol. The molecule has 1 aliphatic heterocycles. The quantitative estimate of drug-likeness (QED) is 0.363. The smallest absolute Gasteiger partial charge is 0.129 e. The zero-order valence-corrected chi connectivity index (χ0v) is 22.8. The van der Waals surface area contributed by atoms with Crippen molar-refractivity contribution in [1.82, 2.24) is 9.88 Å². The molecule has 0 radical (unpaired) electrons. The first-order valence-electron chi connectivity index (χ1n) is 13.7. The second-order valence-corrected chi connectivity index (χ2v) is 10.3. The van der Waals surface area contributed by atoms with E-state index in [2.05, 4.69) is 80.8 Å². The topological polar surface area (TPSA) is 48.8 Å². The van der Waals surface area contributed by atoms with Gasteiger partial charge in [-0.3, -0.25) is 9.88 Å². The molecule has 0 amide bonds. The molecule has 1 unspecified atom stereocenters. The van der Waals surface area contributed by atoms with Crippen LogP contribution in [0.5, 0.6) is 5.75 Å². The number of aliphatic hydroxyl groups is 1. The molecule has 194 valence electrons. The molecule has 4 rings (SSSR count). The molecular formula is C31H43N3O2. The zero-order chi connectivity index (χ0) is 25.7. The summed E-state index contributed by atoms with van der Waals surface area (Å²) >= 11 is 0. The first-order valence-corrected chi connectivity index (χ1v) is 13.7. The fourth-order valence-corrected chi connectivity index (χ4v) is 5.70. The third-order valence-electron chi connectivity index (χ3n) is 7.19. The number of aromatic nitrogens is 1. The van der Waals surface area contributed by atoms with Gasteiger partial charge in [-0.15, -0.1) is 0 Å².